The van der Waals surface area contributed by atoms with Gasteiger partial charge in [-0.2, -0.15) is 0 Å². The van der Waals surface area contributed by atoms with Gasteiger partial charge >= 0.3 is 5.97 Å². The van der Waals surface area contributed by atoms with Crippen LogP contribution in [0.15, 0.2) is 89.8 Å². The second-order valence-corrected chi connectivity index (χ2v) is 8.71. The summed E-state index contributed by atoms with van der Waals surface area (Å²) >= 11 is 1.37. The number of hydrogen-bond acceptors (Lipinski definition) is 5. The molecule has 4 rings (SSSR count). The summed E-state index contributed by atoms with van der Waals surface area (Å²) in [6, 6.07) is 24.3. The van der Waals surface area contributed by atoms with E-state index in [9.17, 15) is 19.5 Å². The fourth-order valence-corrected chi connectivity index (χ4v) is 4.56. The molecule has 0 heterocycles. The predicted molar refractivity (Wildman–Crippen MR) is 138 cm³/mol. The Morgan fingerprint density at radius 3 is 2.26 bits per heavy atom. The fraction of sp³-hybridized carbons (Fsp3) is 0.107. The van der Waals surface area contributed by atoms with E-state index in [1.54, 1.807) is 72.8 Å². The number of carbonyl (C=O) groups excluding carboxylic acids is 2. The van der Waals surface area contributed by atoms with E-state index >= 15 is 0 Å². The van der Waals surface area contributed by atoms with E-state index in [1.807, 2.05) is 13.0 Å². The molecule has 35 heavy (non-hydrogen) atoms. The Hall–Kier alpha value is -4.10. The van der Waals surface area contributed by atoms with Crippen LogP contribution in [-0.2, 0) is 0 Å². The highest BCUT2D eigenvalue weighted by Gasteiger charge is 2.17. The minimum Gasteiger partial charge on any atom is -0.494 e. The van der Waals surface area contributed by atoms with Crippen LogP contribution >= 0.6 is 11.8 Å². The standard InChI is InChI=1S/C28H23NO5S/c1-2-34-21-14-12-18(13-15-21)25(30)17-35-22-9-5-8-20(16-22)29-27(31)23-10-3-6-19-7-4-11-24(26(19)23)28(32)33/h3-16H,2,17H2,1H3,(H,29,31)(H,32,33). The fourth-order valence-electron chi connectivity index (χ4n) is 3.71. The van der Waals surface area contributed by atoms with Gasteiger partial charge in [0.15, 0.2) is 5.78 Å². The summed E-state index contributed by atoms with van der Waals surface area (Å²) in [6.07, 6.45) is 0. The molecule has 0 saturated heterocycles. The van der Waals surface area contributed by atoms with Crippen molar-refractivity contribution < 1.29 is 24.2 Å². The first-order chi connectivity index (χ1) is 17.0. The Bertz CT molecular complexity index is 1390. The molecule has 0 fully saturated rings. The van der Waals surface area contributed by atoms with Gasteiger partial charge in [0.2, 0.25) is 0 Å². The van der Waals surface area contributed by atoms with Crippen molar-refractivity contribution in [2.75, 3.05) is 17.7 Å². The number of ketones is 1. The molecule has 0 aliphatic carbocycles. The van der Waals surface area contributed by atoms with E-state index in [0.29, 0.717) is 28.6 Å². The van der Waals surface area contributed by atoms with Gasteiger partial charge in [0, 0.05) is 27.1 Å². The van der Waals surface area contributed by atoms with Gasteiger partial charge in [-0.15, -0.1) is 11.8 Å². The Balaban J connectivity index is 1.47. The van der Waals surface area contributed by atoms with Crippen LogP contribution in [0.1, 0.15) is 38.0 Å². The van der Waals surface area contributed by atoms with Gasteiger partial charge in [0.1, 0.15) is 5.75 Å². The molecule has 4 aromatic rings. The maximum Gasteiger partial charge on any atom is 0.336 e. The molecule has 0 radical (unpaired) electrons. The number of aromatic carboxylic acids is 1. The highest BCUT2D eigenvalue weighted by atomic mass is 32.2. The molecule has 0 spiro atoms. The largest absolute Gasteiger partial charge is 0.494 e. The van der Waals surface area contributed by atoms with Gasteiger partial charge < -0.3 is 15.2 Å². The van der Waals surface area contributed by atoms with E-state index in [2.05, 4.69) is 5.32 Å². The minimum atomic E-state index is -1.09. The number of carboxylic acid groups (broad SMARTS) is 1. The van der Waals surface area contributed by atoms with Crippen LogP contribution in [0.2, 0.25) is 0 Å². The lowest BCUT2D eigenvalue weighted by molar-refractivity contribution is 0.0698. The molecule has 2 N–H and O–H groups in total. The minimum absolute atomic E-state index is 0.00978. The number of nitrogens with one attached hydrogen (secondary N) is 1. The third-order valence-electron chi connectivity index (χ3n) is 5.33. The van der Waals surface area contributed by atoms with Crippen LogP contribution < -0.4 is 10.1 Å². The van der Waals surface area contributed by atoms with Crippen LogP contribution in [0, 0.1) is 0 Å². The molecule has 0 bridgehead atoms. The predicted octanol–water partition coefficient (Wildman–Crippen LogP) is 6.16. The normalized spacial score (nSPS) is 10.7. The molecule has 0 unspecified atom stereocenters. The van der Waals surface area contributed by atoms with E-state index in [-0.39, 0.29) is 22.7 Å². The number of ether oxygens (including phenoxy) is 1. The maximum atomic E-state index is 13.1. The number of benzene rings is 4. The first-order valence-electron chi connectivity index (χ1n) is 11.0. The van der Waals surface area contributed by atoms with Crippen molar-refractivity contribution in [3.63, 3.8) is 0 Å². The number of Topliss-reactive ketones (excluding diaryl/α,β-unsaturated/α-hetero) is 1. The Kier molecular flexibility index (Phi) is 7.48. The summed E-state index contributed by atoms with van der Waals surface area (Å²) in [5.74, 6) is -0.536. The molecular weight excluding hydrogens is 462 g/mol. The number of hydrogen-bond donors (Lipinski definition) is 2. The number of carbonyl (C=O) groups is 3. The van der Waals surface area contributed by atoms with Gasteiger partial charge in [-0.05, 0) is 66.9 Å². The van der Waals surface area contributed by atoms with E-state index in [4.69, 9.17) is 4.74 Å². The Labute approximate surface area is 206 Å². The topological polar surface area (TPSA) is 92.7 Å². The lowest BCUT2D eigenvalue weighted by atomic mass is 9.98. The number of anilines is 1. The van der Waals surface area contributed by atoms with Gasteiger partial charge in [-0.25, -0.2) is 4.79 Å². The highest BCUT2D eigenvalue weighted by Crippen LogP contribution is 2.26. The average molecular weight is 486 g/mol. The molecule has 0 aliphatic rings. The van der Waals surface area contributed by atoms with Crippen molar-refractivity contribution in [1.82, 2.24) is 0 Å². The smallest absolute Gasteiger partial charge is 0.336 e. The summed E-state index contributed by atoms with van der Waals surface area (Å²) in [7, 11) is 0. The number of rotatable bonds is 9. The van der Waals surface area contributed by atoms with Crippen molar-refractivity contribution >= 4 is 45.9 Å². The first-order valence-corrected chi connectivity index (χ1v) is 12.0. The van der Waals surface area contributed by atoms with Gasteiger partial charge in [0.05, 0.1) is 17.9 Å². The summed E-state index contributed by atoms with van der Waals surface area (Å²) in [6.45, 7) is 2.47. The van der Waals surface area contributed by atoms with Crippen LogP contribution in [0.25, 0.3) is 10.8 Å². The van der Waals surface area contributed by atoms with Crippen molar-refractivity contribution in [1.29, 1.82) is 0 Å². The van der Waals surface area contributed by atoms with Crippen molar-refractivity contribution in [3.05, 3.63) is 102 Å². The second kappa shape index (κ2) is 10.9. The summed E-state index contributed by atoms with van der Waals surface area (Å²) in [4.78, 5) is 38.2. The summed E-state index contributed by atoms with van der Waals surface area (Å²) < 4.78 is 5.41. The zero-order valence-electron chi connectivity index (χ0n) is 19.0. The van der Waals surface area contributed by atoms with E-state index in [0.717, 1.165) is 10.6 Å². The van der Waals surface area contributed by atoms with Crippen LogP contribution in [-0.4, -0.2) is 35.1 Å². The number of fused-ring (bicyclic) bond motifs is 1. The quantitative estimate of drug-likeness (QED) is 0.218. The third-order valence-corrected chi connectivity index (χ3v) is 6.32. The van der Waals surface area contributed by atoms with Crippen molar-refractivity contribution in [2.45, 2.75) is 11.8 Å². The molecule has 0 saturated carbocycles. The first kappa shape index (κ1) is 24.0. The lowest BCUT2D eigenvalue weighted by Crippen LogP contribution is -2.13. The van der Waals surface area contributed by atoms with E-state index in [1.165, 1.54) is 17.8 Å². The summed E-state index contributed by atoms with van der Waals surface area (Å²) in [5, 5.41) is 13.5. The monoisotopic (exact) mass is 485 g/mol. The van der Waals surface area contributed by atoms with Crippen LogP contribution in [0.3, 0.4) is 0 Å². The Morgan fingerprint density at radius 2 is 1.57 bits per heavy atom. The zero-order valence-corrected chi connectivity index (χ0v) is 19.8. The Morgan fingerprint density at radius 1 is 0.886 bits per heavy atom. The third kappa shape index (κ3) is 5.70. The van der Waals surface area contributed by atoms with Gasteiger partial charge in [0.25, 0.3) is 5.91 Å². The second-order valence-electron chi connectivity index (χ2n) is 7.67. The molecule has 1 amide bonds. The lowest BCUT2D eigenvalue weighted by Gasteiger charge is -2.11. The average Bonchev–Trinajstić information content (AvgIpc) is 2.87. The molecule has 7 heteroatoms. The molecule has 6 nitrogen and oxygen atoms in total. The molecule has 4 aromatic carbocycles. The molecule has 0 atom stereocenters. The molecule has 0 aliphatic heterocycles. The van der Waals surface area contributed by atoms with E-state index < -0.39 is 11.9 Å². The zero-order chi connectivity index (χ0) is 24.8. The van der Waals surface area contributed by atoms with Crippen molar-refractivity contribution in [2.24, 2.45) is 0 Å². The maximum absolute atomic E-state index is 13.1. The van der Waals surface area contributed by atoms with Crippen molar-refractivity contribution in [3.8, 4) is 5.75 Å². The number of amides is 1. The summed E-state index contributed by atoms with van der Waals surface area (Å²) in [5.41, 5.74) is 1.52. The van der Waals surface area contributed by atoms with Crippen LogP contribution in [0.5, 0.6) is 5.75 Å². The molecule has 176 valence electrons. The van der Waals surface area contributed by atoms with Gasteiger partial charge in [-0.1, -0.05) is 30.3 Å². The molecule has 0 aromatic heterocycles. The SMILES string of the molecule is CCOc1ccc(C(=O)CSc2cccc(NC(=O)c3cccc4cccc(C(=O)O)c34)c2)cc1. The van der Waals surface area contributed by atoms with Crippen LogP contribution in [0.4, 0.5) is 5.69 Å². The number of carboxylic acids is 1. The molecular formula is C28H23NO5S. The highest BCUT2D eigenvalue weighted by molar-refractivity contribution is 8.00. The number of thioether (sulfide) groups is 1. The van der Waals surface area contributed by atoms with Gasteiger partial charge in [-0.3, -0.25) is 9.59 Å².